The fourth-order valence-corrected chi connectivity index (χ4v) is 1.28. The van der Waals surface area contributed by atoms with Crippen molar-refractivity contribution in [3.05, 3.63) is 35.9 Å². The summed E-state index contributed by atoms with van der Waals surface area (Å²) in [5.74, 6) is 0.288. The van der Waals surface area contributed by atoms with Gasteiger partial charge in [0.1, 0.15) is 0 Å². The van der Waals surface area contributed by atoms with Crippen LogP contribution in [0, 0.1) is 0 Å². The van der Waals surface area contributed by atoms with Crippen LogP contribution in [-0.2, 0) is 9.53 Å². The highest BCUT2D eigenvalue weighted by molar-refractivity contribution is 6.01. The normalized spacial score (nSPS) is 11.2. The third-order valence-electron chi connectivity index (χ3n) is 1.99. The van der Waals surface area contributed by atoms with E-state index < -0.39 is 0 Å². The first-order valence-corrected chi connectivity index (χ1v) is 5.57. The summed E-state index contributed by atoms with van der Waals surface area (Å²) in [5, 5.41) is 0. The zero-order valence-electron chi connectivity index (χ0n) is 9.77. The van der Waals surface area contributed by atoms with Crippen molar-refractivity contribution < 1.29 is 9.53 Å². The highest BCUT2D eigenvalue weighted by atomic mass is 16.5. The van der Waals surface area contributed by atoms with E-state index in [1.807, 2.05) is 44.2 Å². The monoisotopic (exact) mass is 219 g/mol. The maximum Gasteiger partial charge on any atom is 0.248 e. The van der Waals surface area contributed by atoms with Crippen LogP contribution in [0.15, 0.2) is 35.3 Å². The van der Waals surface area contributed by atoms with Crippen LogP contribution in [-0.4, -0.2) is 18.4 Å². The molecule has 16 heavy (non-hydrogen) atoms. The van der Waals surface area contributed by atoms with Gasteiger partial charge < -0.3 is 4.74 Å². The third kappa shape index (κ3) is 3.85. The van der Waals surface area contributed by atoms with Crippen molar-refractivity contribution in [3.8, 4) is 0 Å². The molecule has 0 atom stereocenters. The largest absolute Gasteiger partial charge is 0.477 e. The molecule has 0 spiro atoms. The van der Waals surface area contributed by atoms with Gasteiger partial charge in [-0.15, -0.1) is 0 Å². The molecule has 0 saturated carbocycles. The molecule has 1 amide bonds. The standard InChI is InChI=1S/C13H17NO2/c1-3-8-12(15)14-13(16-4-2)11-9-6-5-7-10-11/h5-7,9-10H,3-4,8H2,1-2H3. The summed E-state index contributed by atoms with van der Waals surface area (Å²) < 4.78 is 5.37. The fourth-order valence-electron chi connectivity index (χ4n) is 1.28. The number of carbonyl (C=O) groups is 1. The van der Waals surface area contributed by atoms with E-state index in [0.717, 1.165) is 12.0 Å². The minimum Gasteiger partial charge on any atom is -0.477 e. The smallest absolute Gasteiger partial charge is 0.248 e. The molecule has 0 N–H and O–H groups in total. The Morgan fingerprint density at radius 3 is 2.50 bits per heavy atom. The molecule has 86 valence electrons. The maximum atomic E-state index is 11.4. The Kier molecular flexibility index (Phi) is 5.26. The summed E-state index contributed by atoms with van der Waals surface area (Å²) in [6.07, 6.45) is 1.26. The average molecular weight is 219 g/mol. The summed E-state index contributed by atoms with van der Waals surface area (Å²) >= 11 is 0. The van der Waals surface area contributed by atoms with Gasteiger partial charge in [0.2, 0.25) is 11.8 Å². The number of rotatable bonds is 4. The van der Waals surface area contributed by atoms with Crippen LogP contribution in [0.5, 0.6) is 0 Å². The van der Waals surface area contributed by atoms with Gasteiger partial charge in [0.25, 0.3) is 0 Å². The van der Waals surface area contributed by atoms with Crippen molar-refractivity contribution in [1.29, 1.82) is 0 Å². The third-order valence-corrected chi connectivity index (χ3v) is 1.99. The Morgan fingerprint density at radius 1 is 1.25 bits per heavy atom. The van der Waals surface area contributed by atoms with E-state index in [0.29, 0.717) is 18.9 Å². The predicted octanol–water partition coefficient (Wildman–Crippen LogP) is 2.80. The summed E-state index contributed by atoms with van der Waals surface area (Å²) in [6, 6.07) is 9.48. The van der Waals surface area contributed by atoms with Crippen molar-refractivity contribution in [1.82, 2.24) is 0 Å². The lowest BCUT2D eigenvalue weighted by Gasteiger charge is -2.06. The van der Waals surface area contributed by atoms with Crippen LogP contribution in [0.2, 0.25) is 0 Å². The lowest BCUT2D eigenvalue weighted by atomic mass is 10.2. The van der Waals surface area contributed by atoms with Crippen LogP contribution >= 0.6 is 0 Å². The van der Waals surface area contributed by atoms with Gasteiger partial charge in [0, 0.05) is 12.0 Å². The summed E-state index contributed by atoms with van der Waals surface area (Å²) in [7, 11) is 0. The molecule has 1 aromatic carbocycles. The first-order valence-electron chi connectivity index (χ1n) is 5.57. The number of ether oxygens (including phenoxy) is 1. The molecule has 0 aliphatic rings. The molecule has 3 heteroatoms. The van der Waals surface area contributed by atoms with Crippen LogP contribution in [0.4, 0.5) is 0 Å². The van der Waals surface area contributed by atoms with E-state index in [4.69, 9.17) is 4.74 Å². The lowest BCUT2D eigenvalue weighted by molar-refractivity contribution is -0.117. The first-order chi connectivity index (χ1) is 7.77. The molecule has 1 rings (SSSR count). The highest BCUT2D eigenvalue weighted by Crippen LogP contribution is 2.04. The number of hydrogen-bond donors (Lipinski definition) is 0. The summed E-state index contributed by atoms with van der Waals surface area (Å²) in [4.78, 5) is 15.4. The molecule has 0 radical (unpaired) electrons. The zero-order valence-corrected chi connectivity index (χ0v) is 9.77. The first kappa shape index (κ1) is 12.4. The number of aliphatic imine (C=N–C) groups is 1. The van der Waals surface area contributed by atoms with E-state index in [2.05, 4.69) is 4.99 Å². The number of hydrogen-bond acceptors (Lipinski definition) is 2. The molecule has 0 bridgehead atoms. The highest BCUT2D eigenvalue weighted by Gasteiger charge is 2.06. The average Bonchev–Trinajstić information content (AvgIpc) is 2.30. The quantitative estimate of drug-likeness (QED) is 0.577. The Labute approximate surface area is 96.2 Å². The topological polar surface area (TPSA) is 38.7 Å². The molecular formula is C13H17NO2. The second-order valence-corrected chi connectivity index (χ2v) is 3.36. The van der Waals surface area contributed by atoms with E-state index in [1.54, 1.807) is 0 Å². The molecule has 0 aliphatic heterocycles. The van der Waals surface area contributed by atoms with Gasteiger partial charge in [-0.3, -0.25) is 4.79 Å². The van der Waals surface area contributed by atoms with Crippen molar-refractivity contribution in [2.24, 2.45) is 4.99 Å². The lowest BCUT2D eigenvalue weighted by Crippen LogP contribution is -2.09. The number of benzene rings is 1. The van der Waals surface area contributed by atoms with Gasteiger partial charge in [-0.05, 0) is 25.5 Å². The van der Waals surface area contributed by atoms with Crippen LogP contribution in [0.25, 0.3) is 0 Å². The Bertz CT molecular complexity index is 357. The molecule has 0 fully saturated rings. The molecular weight excluding hydrogens is 202 g/mol. The van der Waals surface area contributed by atoms with Crippen LogP contribution in [0.3, 0.4) is 0 Å². The van der Waals surface area contributed by atoms with Gasteiger partial charge in [0.05, 0.1) is 6.61 Å². The number of carbonyl (C=O) groups excluding carboxylic acids is 1. The Hall–Kier alpha value is -1.64. The minimum atomic E-state index is -0.130. The van der Waals surface area contributed by atoms with Crippen LogP contribution < -0.4 is 0 Å². The van der Waals surface area contributed by atoms with Crippen molar-refractivity contribution in [3.63, 3.8) is 0 Å². The van der Waals surface area contributed by atoms with Crippen LogP contribution in [0.1, 0.15) is 32.3 Å². The molecule has 0 heterocycles. The van der Waals surface area contributed by atoms with Crippen molar-refractivity contribution >= 4 is 11.8 Å². The fraction of sp³-hybridized carbons (Fsp3) is 0.385. The van der Waals surface area contributed by atoms with Gasteiger partial charge >= 0.3 is 0 Å². The SMILES string of the molecule is CCCC(=O)N=C(OCC)c1ccccc1. The van der Waals surface area contributed by atoms with Crippen molar-refractivity contribution in [2.45, 2.75) is 26.7 Å². The maximum absolute atomic E-state index is 11.4. The molecule has 1 aromatic rings. The van der Waals surface area contributed by atoms with Crippen molar-refractivity contribution in [2.75, 3.05) is 6.61 Å². The molecule has 0 aromatic heterocycles. The van der Waals surface area contributed by atoms with Gasteiger partial charge in [-0.25, -0.2) is 0 Å². The molecule has 0 unspecified atom stereocenters. The van der Waals surface area contributed by atoms with E-state index in [1.165, 1.54) is 0 Å². The summed E-state index contributed by atoms with van der Waals surface area (Å²) in [5.41, 5.74) is 0.841. The Balaban J connectivity index is 2.86. The van der Waals surface area contributed by atoms with Gasteiger partial charge in [0.15, 0.2) is 0 Å². The molecule has 3 nitrogen and oxygen atoms in total. The van der Waals surface area contributed by atoms with E-state index >= 15 is 0 Å². The van der Waals surface area contributed by atoms with E-state index in [-0.39, 0.29) is 5.91 Å². The zero-order chi connectivity index (χ0) is 11.8. The predicted molar refractivity (Wildman–Crippen MR) is 64.5 cm³/mol. The van der Waals surface area contributed by atoms with Gasteiger partial charge in [-0.2, -0.15) is 4.99 Å². The number of amides is 1. The van der Waals surface area contributed by atoms with E-state index in [9.17, 15) is 4.79 Å². The second-order valence-electron chi connectivity index (χ2n) is 3.36. The Morgan fingerprint density at radius 2 is 1.94 bits per heavy atom. The molecule has 0 aliphatic carbocycles. The van der Waals surface area contributed by atoms with Gasteiger partial charge in [-0.1, -0.05) is 25.1 Å². The minimum absolute atomic E-state index is 0.130. The number of nitrogens with zero attached hydrogens (tertiary/aromatic N) is 1. The second kappa shape index (κ2) is 6.77. The molecule has 0 saturated heterocycles. The summed E-state index contributed by atoms with van der Waals surface area (Å²) in [6.45, 7) is 4.34.